The van der Waals surface area contributed by atoms with Gasteiger partial charge in [-0.05, 0) is 19.5 Å². The summed E-state index contributed by atoms with van der Waals surface area (Å²) in [6.07, 6.45) is 1.93. The van der Waals surface area contributed by atoms with Gasteiger partial charge in [0.25, 0.3) is 0 Å². The molecule has 0 spiro atoms. The average molecular weight is 307 g/mol. The van der Waals surface area contributed by atoms with Crippen molar-refractivity contribution < 1.29 is 0 Å². The maximum atomic E-state index is 4.75. The van der Waals surface area contributed by atoms with E-state index >= 15 is 0 Å². The third-order valence-corrected chi connectivity index (χ3v) is 4.49. The van der Waals surface area contributed by atoms with Gasteiger partial charge in [0.2, 0.25) is 0 Å². The van der Waals surface area contributed by atoms with Crippen LogP contribution in [-0.4, -0.2) is 52.7 Å². The summed E-state index contributed by atoms with van der Waals surface area (Å²) in [6.45, 7) is 6.26. The highest BCUT2D eigenvalue weighted by Gasteiger charge is 2.19. The minimum atomic E-state index is 0.935. The smallest absolute Gasteiger partial charge is 0.165 e. The number of fused-ring (bicyclic) bond motifs is 1. The van der Waals surface area contributed by atoms with Crippen molar-refractivity contribution in [3.05, 3.63) is 48.3 Å². The minimum absolute atomic E-state index is 0.935. The molecule has 1 aliphatic heterocycles. The number of hydrogen-bond donors (Lipinski definition) is 0. The Morgan fingerprint density at radius 2 is 1.74 bits per heavy atom. The first-order valence-corrected chi connectivity index (χ1v) is 8.07. The Morgan fingerprint density at radius 3 is 2.48 bits per heavy atom. The van der Waals surface area contributed by atoms with Crippen LogP contribution in [0.3, 0.4) is 0 Å². The Hall–Kier alpha value is -2.40. The molecule has 0 unspecified atom stereocenters. The third kappa shape index (κ3) is 2.57. The van der Waals surface area contributed by atoms with Crippen molar-refractivity contribution in [2.24, 2.45) is 0 Å². The summed E-state index contributed by atoms with van der Waals surface area (Å²) in [6, 6.07) is 12.5. The fourth-order valence-electron chi connectivity index (χ4n) is 3.15. The molecule has 1 aromatic carbocycles. The molecule has 0 N–H and O–H groups in total. The van der Waals surface area contributed by atoms with E-state index in [1.807, 2.05) is 16.8 Å². The third-order valence-electron chi connectivity index (χ3n) is 4.49. The second-order valence-electron chi connectivity index (χ2n) is 6.21. The van der Waals surface area contributed by atoms with E-state index in [1.165, 1.54) is 0 Å². The molecule has 0 saturated carbocycles. The van der Waals surface area contributed by atoms with Crippen LogP contribution in [0.25, 0.3) is 16.8 Å². The molecule has 1 aliphatic rings. The number of aryl methyl sites for hydroxylation is 1. The van der Waals surface area contributed by atoms with E-state index in [9.17, 15) is 0 Å². The lowest BCUT2D eigenvalue weighted by atomic mass is 10.1. The molecule has 0 amide bonds. The molecule has 5 nitrogen and oxygen atoms in total. The van der Waals surface area contributed by atoms with Crippen molar-refractivity contribution in [2.45, 2.75) is 6.92 Å². The Bertz CT molecular complexity index is 816. The maximum Gasteiger partial charge on any atom is 0.165 e. The van der Waals surface area contributed by atoms with Crippen LogP contribution in [0.4, 0.5) is 5.82 Å². The van der Waals surface area contributed by atoms with Crippen molar-refractivity contribution in [3.63, 3.8) is 0 Å². The molecule has 0 atom stereocenters. The van der Waals surface area contributed by atoms with Gasteiger partial charge in [0, 0.05) is 43.5 Å². The van der Waals surface area contributed by atoms with Gasteiger partial charge in [0.1, 0.15) is 5.82 Å². The molecule has 0 aliphatic carbocycles. The van der Waals surface area contributed by atoms with Gasteiger partial charge in [0.15, 0.2) is 5.65 Å². The zero-order chi connectivity index (χ0) is 15.8. The van der Waals surface area contributed by atoms with E-state index in [1.54, 1.807) is 0 Å². The molecular weight excluding hydrogens is 286 g/mol. The quantitative estimate of drug-likeness (QED) is 0.729. The topological polar surface area (TPSA) is 36.7 Å². The number of aromatic nitrogens is 3. The Kier molecular flexibility index (Phi) is 3.50. The molecule has 23 heavy (non-hydrogen) atoms. The molecule has 5 heteroatoms. The van der Waals surface area contributed by atoms with E-state index in [-0.39, 0.29) is 0 Å². The maximum absolute atomic E-state index is 4.75. The van der Waals surface area contributed by atoms with Gasteiger partial charge >= 0.3 is 0 Å². The van der Waals surface area contributed by atoms with E-state index in [0.29, 0.717) is 0 Å². The molecule has 1 saturated heterocycles. The van der Waals surface area contributed by atoms with Crippen LogP contribution in [-0.2, 0) is 0 Å². The molecular formula is C18H21N5. The van der Waals surface area contributed by atoms with Crippen LogP contribution in [0.5, 0.6) is 0 Å². The highest BCUT2D eigenvalue weighted by Crippen LogP contribution is 2.27. The van der Waals surface area contributed by atoms with Crippen LogP contribution in [0.15, 0.2) is 42.6 Å². The van der Waals surface area contributed by atoms with Gasteiger partial charge in [-0.1, -0.05) is 30.3 Å². The lowest BCUT2D eigenvalue weighted by Crippen LogP contribution is -2.45. The fraction of sp³-hybridized carbons (Fsp3) is 0.333. The number of likely N-dealkylation sites (N-methyl/N-ethyl adjacent to an activating group) is 1. The highest BCUT2D eigenvalue weighted by atomic mass is 15.4. The van der Waals surface area contributed by atoms with Crippen LogP contribution in [0, 0.1) is 6.92 Å². The van der Waals surface area contributed by atoms with Crippen LogP contribution in [0.2, 0.25) is 0 Å². The van der Waals surface area contributed by atoms with Crippen molar-refractivity contribution >= 4 is 11.5 Å². The van der Waals surface area contributed by atoms with E-state index < -0.39 is 0 Å². The van der Waals surface area contributed by atoms with Crippen LogP contribution >= 0.6 is 0 Å². The standard InChI is InChI=1S/C18H21N5/c1-14-12-17(22-10-8-21(2)9-11-22)23-18(20-14)16(13-19-23)15-6-4-3-5-7-15/h3-7,12-13H,8-11H2,1-2H3. The summed E-state index contributed by atoms with van der Waals surface area (Å²) in [4.78, 5) is 9.51. The number of nitrogens with zero attached hydrogens (tertiary/aromatic N) is 5. The fourth-order valence-corrected chi connectivity index (χ4v) is 3.15. The predicted octanol–water partition coefficient (Wildman–Crippen LogP) is 2.46. The first-order chi connectivity index (χ1) is 11.2. The second-order valence-corrected chi connectivity index (χ2v) is 6.21. The highest BCUT2D eigenvalue weighted by molar-refractivity contribution is 5.78. The Balaban J connectivity index is 1.82. The summed E-state index contributed by atoms with van der Waals surface area (Å²) in [5.74, 6) is 1.14. The summed E-state index contributed by atoms with van der Waals surface area (Å²) >= 11 is 0. The SMILES string of the molecule is Cc1cc(N2CCN(C)CC2)n2ncc(-c3ccccc3)c2n1. The van der Waals surface area contributed by atoms with E-state index in [4.69, 9.17) is 4.98 Å². The van der Waals surface area contributed by atoms with Crippen molar-refractivity contribution in [1.82, 2.24) is 19.5 Å². The normalized spacial score (nSPS) is 16.2. The second kappa shape index (κ2) is 5.66. The molecule has 0 radical (unpaired) electrons. The number of hydrogen-bond acceptors (Lipinski definition) is 4. The molecule has 0 bridgehead atoms. The zero-order valence-electron chi connectivity index (χ0n) is 13.6. The number of rotatable bonds is 2. The Morgan fingerprint density at radius 1 is 1.00 bits per heavy atom. The van der Waals surface area contributed by atoms with Gasteiger partial charge in [-0.3, -0.25) is 0 Å². The number of piperazine rings is 1. The molecule has 4 rings (SSSR count). The summed E-state index contributed by atoms with van der Waals surface area (Å²) in [5, 5.41) is 4.63. The average Bonchev–Trinajstić information content (AvgIpc) is 2.99. The summed E-state index contributed by atoms with van der Waals surface area (Å²) in [7, 11) is 2.17. The lowest BCUT2D eigenvalue weighted by Gasteiger charge is -2.34. The zero-order valence-corrected chi connectivity index (χ0v) is 13.6. The summed E-state index contributed by atoms with van der Waals surface area (Å²) < 4.78 is 1.99. The van der Waals surface area contributed by atoms with Crippen molar-refractivity contribution in [2.75, 3.05) is 38.1 Å². The number of anilines is 1. The van der Waals surface area contributed by atoms with Crippen molar-refractivity contribution in [1.29, 1.82) is 0 Å². The molecule has 3 aromatic rings. The van der Waals surface area contributed by atoms with E-state index in [0.717, 1.165) is 54.5 Å². The van der Waals surface area contributed by atoms with Crippen molar-refractivity contribution in [3.8, 4) is 11.1 Å². The van der Waals surface area contributed by atoms with Gasteiger partial charge in [0.05, 0.1) is 6.20 Å². The Labute approximate surface area is 136 Å². The van der Waals surface area contributed by atoms with Crippen LogP contribution < -0.4 is 4.90 Å². The van der Waals surface area contributed by atoms with Gasteiger partial charge in [-0.15, -0.1) is 0 Å². The van der Waals surface area contributed by atoms with Crippen LogP contribution in [0.1, 0.15) is 5.69 Å². The molecule has 1 fully saturated rings. The first kappa shape index (κ1) is 14.2. The predicted molar refractivity (Wildman–Crippen MR) is 92.9 cm³/mol. The lowest BCUT2D eigenvalue weighted by molar-refractivity contribution is 0.311. The van der Waals surface area contributed by atoms with Gasteiger partial charge in [-0.25, -0.2) is 4.98 Å². The molecule has 3 heterocycles. The molecule has 118 valence electrons. The largest absolute Gasteiger partial charge is 0.354 e. The first-order valence-electron chi connectivity index (χ1n) is 8.07. The minimum Gasteiger partial charge on any atom is -0.354 e. The monoisotopic (exact) mass is 307 g/mol. The number of benzene rings is 1. The molecule has 2 aromatic heterocycles. The van der Waals surface area contributed by atoms with E-state index in [2.05, 4.69) is 59.2 Å². The summed E-state index contributed by atoms with van der Waals surface area (Å²) in [5.41, 5.74) is 4.21. The van der Waals surface area contributed by atoms with Gasteiger partial charge < -0.3 is 9.80 Å². The van der Waals surface area contributed by atoms with Gasteiger partial charge in [-0.2, -0.15) is 9.61 Å².